The lowest BCUT2D eigenvalue weighted by Gasteiger charge is -2.13. The molecule has 0 radical (unpaired) electrons. The first-order valence-electron chi connectivity index (χ1n) is 11.2. The summed E-state index contributed by atoms with van der Waals surface area (Å²) < 4.78 is 3.22. The molecule has 174 valence electrons. The number of benzene rings is 3. The molecular formula is C28H23ClN4O2. The molecule has 0 saturated heterocycles. The van der Waals surface area contributed by atoms with E-state index in [0.717, 1.165) is 33.5 Å². The van der Waals surface area contributed by atoms with Gasteiger partial charge < -0.3 is 5.32 Å². The number of carbonyl (C=O) groups excluding carboxylic acids is 1. The summed E-state index contributed by atoms with van der Waals surface area (Å²) >= 11 is 6.11. The van der Waals surface area contributed by atoms with Crippen molar-refractivity contribution in [3.05, 3.63) is 111 Å². The van der Waals surface area contributed by atoms with E-state index in [1.54, 1.807) is 22.9 Å². The molecule has 0 aliphatic heterocycles. The summed E-state index contributed by atoms with van der Waals surface area (Å²) in [4.78, 5) is 26.3. The number of pyridine rings is 1. The Balaban J connectivity index is 1.69. The highest BCUT2D eigenvalue weighted by Crippen LogP contribution is 2.31. The molecule has 3 aromatic carbocycles. The number of anilines is 1. The molecule has 0 bridgehead atoms. The van der Waals surface area contributed by atoms with Gasteiger partial charge in [0.05, 0.1) is 5.69 Å². The number of hydrogen-bond donors (Lipinski definition) is 1. The van der Waals surface area contributed by atoms with Crippen LogP contribution in [0.2, 0.25) is 5.02 Å². The van der Waals surface area contributed by atoms with Gasteiger partial charge in [0.15, 0.2) is 0 Å². The largest absolute Gasteiger partial charge is 0.324 e. The Labute approximate surface area is 207 Å². The summed E-state index contributed by atoms with van der Waals surface area (Å²) in [7, 11) is 0. The van der Waals surface area contributed by atoms with Gasteiger partial charge in [-0.05, 0) is 49.2 Å². The van der Waals surface area contributed by atoms with E-state index in [9.17, 15) is 9.59 Å². The van der Waals surface area contributed by atoms with Gasteiger partial charge in [0.2, 0.25) is 5.91 Å². The van der Waals surface area contributed by atoms with Crippen LogP contribution in [0.3, 0.4) is 0 Å². The van der Waals surface area contributed by atoms with Gasteiger partial charge in [-0.25, -0.2) is 4.68 Å². The molecule has 0 saturated carbocycles. The first-order valence-corrected chi connectivity index (χ1v) is 11.6. The number of fused-ring (bicyclic) bond motifs is 1. The van der Waals surface area contributed by atoms with E-state index >= 15 is 0 Å². The minimum atomic E-state index is -0.329. The van der Waals surface area contributed by atoms with Crippen LogP contribution in [0.1, 0.15) is 11.1 Å². The van der Waals surface area contributed by atoms with Crippen molar-refractivity contribution in [2.24, 2.45) is 0 Å². The van der Waals surface area contributed by atoms with Gasteiger partial charge in [0.1, 0.15) is 17.9 Å². The molecule has 0 spiro atoms. The van der Waals surface area contributed by atoms with E-state index in [4.69, 9.17) is 16.7 Å². The number of hydrogen-bond acceptors (Lipinski definition) is 3. The van der Waals surface area contributed by atoms with Crippen LogP contribution < -0.4 is 10.9 Å². The predicted octanol–water partition coefficient (Wildman–Crippen LogP) is 5.76. The molecule has 0 aliphatic carbocycles. The number of nitrogens with one attached hydrogen (secondary N) is 1. The Morgan fingerprint density at radius 3 is 2.31 bits per heavy atom. The molecule has 35 heavy (non-hydrogen) atoms. The van der Waals surface area contributed by atoms with Crippen LogP contribution in [0.5, 0.6) is 0 Å². The molecule has 6 nitrogen and oxygen atoms in total. The van der Waals surface area contributed by atoms with Crippen molar-refractivity contribution >= 4 is 34.2 Å². The maximum absolute atomic E-state index is 13.2. The predicted molar refractivity (Wildman–Crippen MR) is 140 cm³/mol. The van der Waals surface area contributed by atoms with Crippen LogP contribution in [0.25, 0.3) is 28.0 Å². The third-order valence-corrected chi connectivity index (χ3v) is 6.18. The van der Waals surface area contributed by atoms with Gasteiger partial charge >= 0.3 is 0 Å². The Morgan fingerprint density at radius 1 is 0.914 bits per heavy atom. The number of para-hydroxylation sites is 1. The Bertz CT molecular complexity index is 1610. The third-order valence-electron chi connectivity index (χ3n) is 5.94. The van der Waals surface area contributed by atoms with Crippen molar-refractivity contribution in [1.82, 2.24) is 14.3 Å². The smallest absolute Gasteiger partial charge is 0.252 e. The van der Waals surface area contributed by atoms with Crippen molar-refractivity contribution in [3.8, 4) is 16.9 Å². The summed E-state index contributed by atoms with van der Waals surface area (Å²) in [5.41, 5.74) is 5.06. The molecule has 5 aromatic rings. The number of rotatable bonds is 5. The fraction of sp³-hybridized carbons (Fsp3) is 0.107. The maximum atomic E-state index is 13.2. The zero-order chi connectivity index (χ0) is 24.5. The third kappa shape index (κ3) is 4.36. The first-order chi connectivity index (χ1) is 16.9. The van der Waals surface area contributed by atoms with E-state index in [2.05, 4.69) is 5.32 Å². The quantitative estimate of drug-likeness (QED) is 0.346. The second-order valence-corrected chi connectivity index (χ2v) is 8.86. The van der Waals surface area contributed by atoms with E-state index in [0.29, 0.717) is 16.4 Å². The lowest BCUT2D eigenvalue weighted by atomic mass is 10.1. The minimum absolute atomic E-state index is 0.172. The standard InChI is InChI=1S/C28H23ClN4O2/c1-18-13-14-21(29)16-23(18)30-24(34)17-32-25(35)15-19(2)26-27(20-9-5-3-6-10-20)31-33(28(26)32)22-11-7-4-8-12-22/h3-16H,17H2,1-2H3,(H,30,34). The van der Waals surface area contributed by atoms with Crippen LogP contribution in [0, 0.1) is 13.8 Å². The average Bonchev–Trinajstić information content (AvgIpc) is 3.26. The summed E-state index contributed by atoms with van der Waals surface area (Å²) in [6, 6.07) is 26.3. The highest BCUT2D eigenvalue weighted by molar-refractivity contribution is 6.31. The molecule has 5 rings (SSSR count). The highest BCUT2D eigenvalue weighted by Gasteiger charge is 2.21. The molecule has 0 atom stereocenters. The van der Waals surface area contributed by atoms with Crippen LogP contribution >= 0.6 is 11.6 Å². The normalized spacial score (nSPS) is 11.1. The lowest BCUT2D eigenvalue weighted by Crippen LogP contribution is -2.29. The monoisotopic (exact) mass is 482 g/mol. The molecule has 2 heterocycles. The first kappa shape index (κ1) is 22.6. The van der Waals surface area contributed by atoms with E-state index < -0.39 is 0 Å². The number of halogens is 1. The van der Waals surface area contributed by atoms with Crippen molar-refractivity contribution in [3.63, 3.8) is 0 Å². The number of aryl methyl sites for hydroxylation is 2. The minimum Gasteiger partial charge on any atom is -0.324 e. The highest BCUT2D eigenvalue weighted by atomic mass is 35.5. The Morgan fingerprint density at radius 2 is 1.60 bits per heavy atom. The van der Waals surface area contributed by atoms with E-state index in [1.165, 1.54) is 4.57 Å². The number of amides is 1. The fourth-order valence-corrected chi connectivity index (χ4v) is 4.40. The summed E-state index contributed by atoms with van der Waals surface area (Å²) in [6.07, 6.45) is 0. The average molecular weight is 483 g/mol. The Hall–Kier alpha value is -4.16. The number of nitrogens with zero attached hydrogens (tertiary/aromatic N) is 3. The number of carbonyl (C=O) groups is 1. The van der Waals surface area contributed by atoms with Gasteiger partial charge in [-0.2, -0.15) is 5.10 Å². The SMILES string of the molecule is Cc1ccc(Cl)cc1NC(=O)Cn1c(=O)cc(C)c2c(-c3ccccc3)nn(-c3ccccc3)c21. The van der Waals surface area contributed by atoms with Gasteiger partial charge in [-0.15, -0.1) is 0 Å². The molecule has 0 unspecified atom stereocenters. The Kier molecular flexibility index (Phi) is 5.97. The van der Waals surface area contributed by atoms with Crippen LogP contribution in [0.15, 0.2) is 89.7 Å². The van der Waals surface area contributed by atoms with Crippen LogP contribution in [-0.4, -0.2) is 20.3 Å². The molecule has 0 aliphatic rings. The van der Waals surface area contributed by atoms with Gasteiger partial charge in [0, 0.05) is 27.7 Å². The topological polar surface area (TPSA) is 68.9 Å². The van der Waals surface area contributed by atoms with Crippen molar-refractivity contribution in [2.45, 2.75) is 20.4 Å². The molecule has 1 amide bonds. The van der Waals surface area contributed by atoms with Gasteiger partial charge in [0.25, 0.3) is 5.56 Å². The van der Waals surface area contributed by atoms with Crippen LogP contribution in [0.4, 0.5) is 5.69 Å². The van der Waals surface area contributed by atoms with Gasteiger partial charge in [-0.1, -0.05) is 66.2 Å². The van der Waals surface area contributed by atoms with Crippen molar-refractivity contribution in [1.29, 1.82) is 0 Å². The van der Waals surface area contributed by atoms with E-state index in [-0.39, 0.29) is 18.0 Å². The van der Waals surface area contributed by atoms with Crippen molar-refractivity contribution < 1.29 is 4.79 Å². The van der Waals surface area contributed by atoms with Crippen molar-refractivity contribution in [2.75, 3.05) is 5.32 Å². The second-order valence-electron chi connectivity index (χ2n) is 8.42. The number of aromatic nitrogens is 3. The fourth-order valence-electron chi connectivity index (χ4n) is 4.22. The zero-order valence-electron chi connectivity index (χ0n) is 19.3. The summed E-state index contributed by atoms with van der Waals surface area (Å²) in [6.45, 7) is 3.61. The summed E-state index contributed by atoms with van der Waals surface area (Å²) in [5, 5.41) is 9.16. The molecule has 7 heteroatoms. The van der Waals surface area contributed by atoms with E-state index in [1.807, 2.05) is 80.6 Å². The molecule has 0 fully saturated rings. The zero-order valence-corrected chi connectivity index (χ0v) is 20.1. The summed E-state index contributed by atoms with van der Waals surface area (Å²) in [5.74, 6) is -0.329. The molecule has 2 aromatic heterocycles. The maximum Gasteiger partial charge on any atom is 0.252 e. The second kappa shape index (κ2) is 9.24. The molecular weight excluding hydrogens is 460 g/mol. The van der Waals surface area contributed by atoms with Gasteiger partial charge in [-0.3, -0.25) is 14.2 Å². The lowest BCUT2D eigenvalue weighted by molar-refractivity contribution is -0.116. The molecule has 1 N–H and O–H groups in total. The van der Waals surface area contributed by atoms with Crippen LogP contribution in [-0.2, 0) is 11.3 Å².